The second kappa shape index (κ2) is 2.35. The third-order valence-corrected chi connectivity index (χ3v) is 2.39. The molecule has 0 unspecified atom stereocenters. The van der Waals surface area contributed by atoms with E-state index < -0.39 is 17.1 Å². The average Bonchev–Trinajstić information content (AvgIpc) is 2.78. The Balaban J connectivity index is 2.61. The van der Waals surface area contributed by atoms with Crippen molar-refractivity contribution in [1.82, 2.24) is 0 Å². The minimum absolute atomic E-state index is 0.0347. The lowest BCUT2D eigenvalue weighted by Gasteiger charge is -2.12. The van der Waals surface area contributed by atoms with Crippen LogP contribution in [0.4, 0.5) is 4.39 Å². The molecule has 1 saturated carbocycles. The second-order valence-electron chi connectivity index (χ2n) is 3.45. The molecule has 1 aromatic rings. The molecule has 0 atom stereocenters. The van der Waals surface area contributed by atoms with Crippen LogP contribution in [-0.2, 0) is 5.54 Å². The van der Waals surface area contributed by atoms with Crippen molar-refractivity contribution in [2.24, 2.45) is 5.73 Å². The van der Waals surface area contributed by atoms with Gasteiger partial charge in [0.25, 0.3) is 0 Å². The fourth-order valence-electron chi connectivity index (χ4n) is 1.41. The lowest BCUT2D eigenvalue weighted by molar-refractivity contribution is 0.387. The summed E-state index contributed by atoms with van der Waals surface area (Å²) in [6.07, 6.45) is 1.28. The maximum Gasteiger partial charge on any atom is 0.165 e. The summed E-state index contributed by atoms with van der Waals surface area (Å²) >= 11 is 0. The number of aromatic hydroxyl groups is 2. The maximum absolute atomic E-state index is 13.2. The third kappa shape index (κ3) is 1.14. The summed E-state index contributed by atoms with van der Waals surface area (Å²) < 4.78 is 13.2. The van der Waals surface area contributed by atoms with Gasteiger partial charge in [-0.3, -0.25) is 0 Å². The number of halogens is 1. The molecule has 1 aromatic carbocycles. The van der Waals surface area contributed by atoms with E-state index in [1.807, 2.05) is 0 Å². The van der Waals surface area contributed by atoms with Gasteiger partial charge < -0.3 is 15.9 Å². The van der Waals surface area contributed by atoms with Crippen LogP contribution in [0.5, 0.6) is 11.5 Å². The van der Waals surface area contributed by atoms with Gasteiger partial charge in [-0.25, -0.2) is 4.39 Å². The van der Waals surface area contributed by atoms with E-state index in [0.29, 0.717) is 12.8 Å². The Morgan fingerprint density at radius 2 is 1.92 bits per heavy atom. The molecule has 1 aliphatic rings. The molecule has 2 rings (SSSR count). The second-order valence-corrected chi connectivity index (χ2v) is 3.45. The van der Waals surface area contributed by atoms with Crippen LogP contribution < -0.4 is 5.73 Å². The van der Waals surface area contributed by atoms with Crippen LogP contribution in [0, 0.1) is 5.82 Å². The molecule has 1 fully saturated rings. The summed E-state index contributed by atoms with van der Waals surface area (Å²) in [4.78, 5) is 0. The van der Waals surface area contributed by atoms with Gasteiger partial charge in [0.15, 0.2) is 11.5 Å². The number of rotatable bonds is 1. The minimum atomic E-state index is -0.771. The summed E-state index contributed by atoms with van der Waals surface area (Å²) in [5, 5.41) is 18.5. The van der Waals surface area contributed by atoms with Crippen molar-refractivity contribution in [3.63, 3.8) is 0 Å². The molecule has 3 nitrogen and oxygen atoms in total. The number of hydrogen-bond donors (Lipinski definition) is 3. The highest BCUT2D eigenvalue weighted by Gasteiger charge is 2.44. The van der Waals surface area contributed by atoms with E-state index >= 15 is 0 Å². The average molecular weight is 183 g/mol. The van der Waals surface area contributed by atoms with Crippen molar-refractivity contribution in [3.8, 4) is 11.5 Å². The molecule has 0 radical (unpaired) electrons. The van der Waals surface area contributed by atoms with Gasteiger partial charge in [0.2, 0.25) is 0 Å². The fourth-order valence-corrected chi connectivity index (χ4v) is 1.41. The molecule has 0 bridgehead atoms. The smallest absolute Gasteiger partial charge is 0.165 e. The van der Waals surface area contributed by atoms with Crippen LogP contribution in [0.15, 0.2) is 12.1 Å². The summed E-state index contributed by atoms with van der Waals surface area (Å²) in [6, 6.07) is 2.22. The fraction of sp³-hybridized carbons (Fsp3) is 0.333. The summed E-state index contributed by atoms with van der Waals surface area (Å²) in [5.74, 6) is -1.32. The Morgan fingerprint density at radius 1 is 1.31 bits per heavy atom. The molecule has 4 heteroatoms. The predicted octanol–water partition coefficient (Wildman–Crippen LogP) is 1.18. The number of phenols is 2. The van der Waals surface area contributed by atoms with Gasteiger partial charge in [-0.2, -0.15) is 0 Å². The minimum Gasteiger partial charge on any atom is -0.504 e. The topological polar surface area (TPSA) is 66.5 Å². The van der Waals surface area contributed by atoms with E-state index in [9.17, 15) is 9.50 Å². The van der Waals surface area contributed by atoms with Crippen LogP contribution in [0.2, 0.25) is 0 Å². The first-order chi connectivity index (χ1) is 6.04. The van der Waals surface area contributed by atoms with Gasteiger partial charge in [0, 0.05) is 5.54 Å². The molecule has 0 aromatic heterocycles. The Morgan fingerprint density at radius 3 is 2.46 bits per heavy atom. The molecule has 0 heterocycles. The van der Waals surface area contributed by atoms with Gasteiger partial charge in [0.1, 0.15) is 5.82 Å². The molecule has 70 valence electrons. The highest BCUT2D eigenvalue weighted by Crippen LogP contribution is 2.49. The first-order valence-corrected chi connectivity index (χ1v) is 4.04. The summed E-state index contributed by atoms with van der Waals surface area (Å²) in [5.41, 5.74) is 4.99. The predicted molar refractivity (Wildman–Crippen MR) is 44.8 cm³/mol. The Labute approximate surface area is 74.6 Å². The lowest BCUT2D eigenvalue weighted by atomic mass is 10.0. The monoisotopic (exact) mass is 183 g/mol. The van der Waals surface area contributed by atoms with Gasteiger partial charge in [0.05, 0.1) is 5.56 Å². The van der Waals surface area contributed by atoms with E-state index in [1.54, 1.807) is 0 Å². The zero-order chi connectivity index (χ0) is 9.64. The van der Waals surface area contributed by atoms with Gasteiger partial charge in [-0.1, -0.05) is 0 Å². The number of hydrogen-bond acceptors (Lipinski definition) is 3. The van der Waals surface area contributed by atoms with Gasteiger partial charge in [-0.15, -0.1) is 0 Å². The van der Waals surface area contributed by atoms with E-state index in [2.05, 4.69) is 0 Å². The Hall–Kier alpha value is -1.29. The molecular formula is C9H10FNO2. The van der Waals surface area contributed by atoms with Crippen LogP contribution in [0.1, 0.15) is 18.4 Å². The van der Waals surface area contributed by atoms with Crippen LogP contribution in [-0.4, -0.2) is 10.2 Å². The zero-order valence-corrected chi connectivity index (χ0v) is 6.92. The van der Waals surface area contributed by atoms with E-state index in [1.165, 1.54) is 0 Å². The van der Waals surface area contributed by atoms with Crippen molar-refractivity contribution < 1.29 is 14.6 Å². The van der Waals surface area contributed by atoms with Crippen LogP contribution in [0.25, 0.3) is 0 Å². The molecule has 0 saturated heterocycles. The zero-order valence-electron chi connectivity index (χ0n) is 6.92. The Bertz CT molecular complexity index is 361. The number of nitrogens with two attached hydrogens (primary N) is 1. The van der Waals surface area contributed by atoms with Crippen molar-refractivity contribution in [2.75, 3.05) is 0 Å². The molecule has 0 aliphatic heterocycles. The molecule has 1 aliphatic carbocycles. The van der Waals surface area contributed by atoms with Crippen molar-refractivity contribution in [3.05, 3.63) is 23.5 Å². The third-order valence-electron chi connectivity index (χ3n) is 2.39. The Kier molecular flexibility index (Phi) is 1.51. The number of phenolic OH excluding ortho intramolecular Hbond substituents is 2. The summed E-state index contributed by atoms with van der Waals surface area (Å²) in [6.45, 7) is 0. The highest BCUT2D eigenvalue weighted by atomic mass is 19.1. The largest absolute Gasteiger partial charge is 0.504 e. The molecule has 4 N–H and O–H groups in total. The highest BCUT2D eigenvalue weighted by molar-refractivity contribution is 5.50. The standard InChI is InChI=1S/C9H10FNO2/c10-5-1-2-6(12)8(13)7(5)9(11)3-4-9/h1-2,12-13H,3-4,11H2. The van der Waals surface area contributed by atoms with Crippen molar-refractivity contribution in [2.45, 2.75) is 18.4 Å². The van der Waals surface area contributed by atoms with Gasteiger partial charge in [-0.05, 0) is 25.0 Å². The maximum atomic E-state index is 13.2. The molecule has 0 amide bonds. The van der Waals surface area contributed by atoms with Crippen LogP contribution in [0.3, 0.4) is 0 Å². The van der Waals surface area contributed by atoms with Crippen LogP contribution >= 0.6 is 0 Å². The van der Waals surface area contributed by atoms with Gasteiger partial charge >= 0.3 is 0 Å². The first-order valence-electron chi connectivity index (χ1n) is 4.04. The lowest BCUT2D eigenvalue weighted by Crippen LogP contribution is -2.20. The van der Waals surface area contributed by atoms with E-state index in [4.69, 9.17) is 10.8 Å². The van der Waals surface area contributed by atoms with Crippen molar-refractivity contribution in [1.29, 1.82) is 0 Å². The summed E-state index contributed by atoms with van der Waals surface area (Å²) in [7, 11) is 0. The van der Waals surface area contributed by atoms with E-state index in [-0.39, 0.29) is 11.3 Å². The quantitative estimate of drug-likeness (QED) is 0.573. The molecule has 13 heavy (non-hydrogen) atoms. The molecular weight excluding hydrogens is 173 g/mol. The normalized spacial score (nSPS) is 18.6. The SMILES string of the molecule is NC1(c2c(F)ccc(O)c2O)CC1. The molecule has 0 spiro atoms. The first kappa shape index (κ1) is 8.31. The number of benzene rings is 1. The van der Waals surface area contributed by atoms with E-state index in [0.717, 1.165) is 12.1 Å². The van der Waals surface area contributed by atoms with Crippen molar-refractivity contribution >= 4 is 0 Å².